The number of nitrogens with one attached hydrogen (secondary N) is 1. The highest BCUT2D eigenvalue weighted by atomic mass is 19.1. The number of aromatic nitrogens is 1. The highest BCUT2D eigenvalue weighted by molar-refractivity contribution is 5.89. The third-order valence-corrected chi connectivity index (χ3v) is 4.34. The van der Waals surface area contributed by atoms with Crippen molar-refractivity contribution in [2.45, 2.75) is 19.4 Å². The second-order valence-corrected chi connectivity index (χ2v) is 6.16. The van der Waals surface area contributed by atoms with Crippen molar-refractivity contribution < 1.29 is 14.0 Å². The van der Waals surface area contributed by atoms with E-state index in [-0.39, 0.29) is 30.0 Å². The quantitative estimate of drug-likeness (QED) is 0.873. The Morgan fingerprint density at radius 2 is 2.04 bits per heavy atom. The van der Waals surface area contributed by atoms with E-state index in [1.165, 1.54) is 12.1 Å². The van der Waals surface area contributed by atoms with Crippen LogP contribution in [0.3, 0.4) is 0 Å². The molecule has 25 heavy (non-hydrogen) atoms. The van der Waals surface area contributed by atoms with Gasteiger partial charge in [0.25, 0.3) is 0 Å². The molecular weight excluding hydrogens is 321 g/mol. The van der Waals surface area contributed by atoms with Crippen LogP contribution in [0.2, 0.25) is 0 Å². The summed E-state index contributed by atoms with van der Waals surface area (Å²) in [4.78, 5) is 30.2. The van der Waals surface area contributed by atoms with Crippen molar-refractivity contribution in [3.8, 4) is 0 Å². The van der Waals surface area contributed by atoms with Gasteiger partial charge in [-0.1, -0.05) is 18.2 Å². The molecule has 0 bridgehead atoms. The van der Waals surface area contributed by atoms with Crippen LogP contribution in [0.5, 0.6) is 0 Å². The summed E-state index contributed by atoms with van der Waals surface area (Å²) in [7, 11) is 0. The number of rotatable bonds is 6. The number of amides is 2. The molecule has 6 heteroatoms. The van der Waals surface area contributed by atoms with Gasteiger partial charge in [-0.15, -0.1) is 0 Å². The maximum Gasteiger partial charge on any atom is 0.225 e. The van der Waals surface area contributed by atoms with Gasteiger partial charge in [-0.25, -0.2) is 4.39 Å². The van der Waals surface area contributed by atoms with E-state index < -0.39 is 0 Å². The molecule has 1 fully saturated rings. The van der Waals surface area contributed by atoms with Crippen LogP contribution < -0.4 is 5.32 Å². The largest absolute Gasteiger partial charge is 0.350 e. The third kappa shape index (κ3) is 4.62. The smallest absolute Gasteiger partial charge is 0.225 e. The van der Waals surface area contributed by atoms with E-state index >= 15 is 0 Å². The van der Waals surface area contributed by atoms with Crippen molar-refractivity contribution in [1.29, 1.82) is 0 Å². The summed E-state index contributed by atoms with van der Waals surface area (Å²) < 4.78 is 12.9. The fourth-order valence-corrected chi connectivity index (χ4v) is 2.90. The lowest BCUT2D eigenvalue weighted by molar-refractivity contribution is -0.129. The van der Waals surface area contributed by atoms with Crippen LogP contribution in [0.1, 0.15) is 17.7 Å². The molecule has 2 aromatic rings. The average molecular weight is 341 g/mol. The summed E-state index contributed by atoms with van der Waals surface area (Å²) in [5.74, 6) is -0.738. The minimum Gasteiger partial charge on any atom is -0.350 e. The highest BCUT2D eigenvalue weighted by Gasteiger charge is 2.33. The molecule has 5 nitrogen and oxygen atoms in total. The molecule has 1 atom stereocenters. The van der Waals surface area contributed by atoms with Crippen LogP contribution in [-0.4, -0.2) is 34.8 Å². The first-order valence-corrected chi connectivity index (χ1v) is 8.31. The van der Waals surface area contributed by atoms with Crippen molar-refractivity contribution >= 4 is 11.8 Å². The zero-order valence-corrected chi connectivity index (χ0v) is 13.8. The molecule has 0 radical (unpaired) electrons. The monoisotopic (exact) mass is 341 g/mol. The third-order valence-electron chi connectivity index (χ3n) is 4.34. The summed E-state index contributed by atoms with van der Waals surface area (Å²) in [5, 5.41) is 2.84. The molecule has 2 amide bonds. The highest BCUT2D eigenvalue weighted by Crippen LogP contribution is 2.18. The fraction of sp³-hybridized carbons (Fsp3) is 0.316. The van der Waals surface area contributed by atoms with Crippen molar-refractivity contribution in [2.24, 2.45) is 5.92 Å². The molecule has 1 aliphatic heterocycles. The maximum absolute atomic E-state index is 12.9. The number of carbonyl (C=O) groups is 2. The lowest BCUT2D eigenvalue weighted by Crippen LogP contribution is -2.33. The maximum atomic E-state index is 12.9. The van der Waals surface area contributed by atoms with Gasteiger partial charge in [-0.3, -0.25) is 14.6 Å². The number of benzene rings is 1. The number of nitrogens with zero attached hydrogens (tertiary/aromatic N) is 2. The van der Waals surface area contributed by atoms with Crippen LogP contribution in [0.4, 0.5) is 4.39 Å². The standard InChI is InChI=1S/C19H20FN3O2/c20-16-6-4-14(5-7-16)8-10-23-13-15(11-18(23)24)19(25)22-12-17-3-1-2-9-21-17/h1-7,9,15H,8,10-13H2,(H,22,25)/t15-/m0/s1. The van der Waals surface area contributed by atoms with Crippen LogP contribution in [0.25, 0.3) is 0 Å². The normalized spacial score (nSPS) is 16.9. The molecule has 0 spiro atoms. The molecule has 1 N–H and O–H groups in total. The minimum absolute atomic E-state index is 0.0138. The number of pyridine rings is 1. The summed E-state index contributed by atoms with van der Waals surface area (Å²) in [6.45, 7) is 1.32. The predicted molar refractivity (Wildman–Crippen MR) is 90.9 cm³/mol. The Kier molecular flexibility index (Phi) is 5.38. The van der Waals surface area contributed by atoms with E-state index in [0.29, 0.717) is 26.1 Å². The van der Waals surface area contributed by atoms with Gasteiger partial charge >= 0.3 is 0 Å². The van der Waals surface area contributed by atoms with Crippen molar-refractivity contribution in [2.75, 3.05) is 13.1 Å². The zero-order valence-electron chi connectivity index (χ0n) is 13.8. The summed E-state index contributed by atoms with van der Waals surface area (Å²) in [6.07, 6.45) is 2.56. The van der Waals surface area contributed by atoms with Crippen LogP contribution in [-0.2, 0) is 22.6 Å². The first kappa shape index (κ1) is 17.1. The number of halogens is 1. The fourth-order valence-electron chi connectivity index (χ4n) is 2.90. The molecule has 130 valence electrons. The molecule has 0 aliphatic carbocycles. The van der Waals surface area contributed by atoms with E-state index in [9.17, 15) is 14.0 Å². The van der Waals surface area contributed by atoms with Crippen LogP contribution >= 0.6 is 0 Å². The Morgan fingerprint density at radius 1 is 1.24 bits per heavy atom. The first-order valence-electron chi connectivity index (χ1n) is 8.31. The van der Waals surface area contributed by atoms with E-state index in [0.717, 1.165) is 11.3 Å². The van der Waals surface area contributed by atoms with Gasteiger partial charge in [0, 0.05) is 25.7 Å². The Hall–Kier alpha value is -2.76. The molecule has 3 rings (SSSR count). The Labute approximate surface area is 145 Å². The van der Waals surface area contributed by atoms with E-state index in [2.05, 4.69) is 10.3 Å². The van der Waals surface area contributed by atoms with Crippen LogP contribution in [0, 0.1) is 11.7 Å². The van der Waals surface area contributed by atoms with Crippen molar-refractivity contribution in [3.63, 3.8) is 0 Å². The molecule has 1 saturated heterocycles. The first-order chi connectivity index (χ1) is 12.1. The van der Waals surface area contributed by atoms with Crippen LogP contribution in [0.15, 0.2) is 48.7 Å². The van der Waals surface area contributed by atoms with E-state index in [1.807, 2.05) is 18.2 Å². The summed E-state index contributed by atoms with van der Waals surface area (Å²) in [6, 6.07) is 11.8. The lowest BCUT2D eigenvalue weighted by Gasteiger charge is -2.16. The average Bonchev–Trinajstić information content (AvgIpc) is 3.01. The van der Waals surface area contributed by atoms with Gasteiger partial charge in [-0.2, -0.15) is 0 Å². The molecule has 0 unspecified atom stereocenters. The van der Waals surface area contributed by atoms with Gasteiger partial charge in [-0.05, 0) is 36.2 Å². The number of carbonyl (C=O) groups excluding carboxylic acids is 2. The van der Waals surface area contributed by atoms with Gasteiger partial charge < -0.3 is 10.2 Å². The molecule has 1 aromatic heterocycles. The molecular formula is C19H20FN3O2. The summed E-state index contributed by atoms with van der Waals surface area (Å²) in [5.41, 5.74) is 1.76. The van der Waals surface area contributed by atoms with Gasteiger partial charge in [0.15, 0.2) is 0 Å². The number of likely N-dealkylation sites (tertiary alicyclic amines) is 1. The number of hydrogen-bond donors (Lipinski definition) is 1. The molecule has 1 aromatic carbocycles. The Balaban J connectivity index is 1.48. The second kappa shape index (κ2) is 7.88. The van der Waals surface area contributed by atoms with Crippen molar-refractivity contribution in [3.05, 3.63) is 65.7 Å². The Morgan fingerprint density at radius 3 is 2.76 bits per heavy atom. The second-order valence-electron chi connectivity index (χ2n) is 6.16. The minimum atomic E-state index is -0.329. The SMILES string of the molecule is O=C(NCc1ccccn1)[C@H]1CC(=O)N(CCc2ccc(F)cc2)C1. The van der Waals surface area contributed by atoms with Crippen molar-refractivity contribution in [1.82, 2.24) is 15.2 Å². The zero-order chi connectivity index (χ0) is 17.6. The van der Waals surface area contributed by atoms with Gasteiger partial charge in [0.2, 0.25) is 11.8 Å². The predicted octanol–water partition coefficient (Wildman–Crippen LogP) is 1.93. The topological polar surface area (TPSA) is 62.3 Å². The van der Waals surface area contributed by atoms with Gasteiger partial charge in [0.05, 0.1) is 18.2 Å². The molecule has 2 heterocycles. The van der Waals surface area contributed by atoms with E-state index in [4.69, 9.17) is 0 Å². The lowest BCUT2D eigenvalue weighted by atomic mass is 10.1. The Bertz CT molecular complexity index is 734. The number of hydrogen-bond acceptors (Lipinski definition) is 3. The van der Waals surface area contributed by atoms with E-state index in [1.54, 1.807) is 23.2 Å². The molecule has 0 saturated carbocycles. The summed E-state index contributed by atoms with van der Waals surface area (Å²) >= 11 is 0. The molecule has 1 aliphatic rings. The van der Waals surface area contributed by atoms with Gasteiger partial charge in [0.1, 0.15) is 5.82 Å².